The van der Waals surface area contributed by atoms with Crippen LogP contribution in [0.4, 0.5) is 5.69 Å². The molecule has 1 aromatic carbocycles. The van der Waals surface area contributed by atoms with E-state index in [4.69, 9.17) is 9.98 Å². The highest BCUT2D eigenvalue weighted by Crippen LogP contribution is 2.32. The Morgan fingerprint density at radius 2 is 2.09 bits per heavy atom. The van der Waals surface area contributed by atoms with Crippen LogP contribution < -0.4 is 10.6 Å². The second-order valence-corrected chi connectivity index (χ2v) is 8.35. The molecule has 0 bridgehead atoms. The summed E-state index contributed by atoms with van der Waals surface area (Å²) in [5.41, 5.74) is 5.34. The first kappa shape index (κ1) is 19.7. The van der Waals surface area contributed by atoms with Crippen molar-refractivity contribution in [3.05, 3.63) is 84.5 Å². The average Bonchev–Trinajstić information content (AvgIpc) is 3.61. The number of hydrogen-bond donors (Lipinski definition) is 2. The molecule has 0 amide bonds. The Labute approximate surface area is 191 Å². The standard InChI is InChI=1S/C24H25N9/c1-31-14-18(12-28-31)22-13-27-24-23(30-21(15-33(22)24)17-3-2-8-25-11-17)29-19-4-6-20(7-5-19)32-10-9-26-16-32/h3-7,9-10,12,14-16,22,25H,2,8,11,13H2,1H3,(H,29,30). The SMILES string of the molecule is Cn1cc(C2CN=C3C(Nc4ccc(-n5ccnc5)cc4)=NC(C4=CCCNC4)=CN32)cn1. The number of amidine groups is 2. The minimum absolute atomic E-state index is 0.108. The van der Waals surface area contributed by atoms with E-state index in [0.29, 0.717) is 6.54 Å². The van der Waals surface area contributed by atoms with Crippen molar-refractivity contribution < 1.29 is 0 Å². The first-order chi connectivity index (χ1) is 16.2. The Bertz CT molecular complexity index is 1280. The van der Waals surface area contributed by atoms with E-state index >= 15 is 0 Å². The van der Waals surface area contributed by atoms with Crippen LogP contribution in [0.5, 0.6) is 0 Å². The molecule has 2 aromatic heterocycles. The van der Waals surface area contributed by atoms with E-state index in [1.807, 2.05) is 28.7 Å². The van der Waals surface area contributed by atoms with E-state index < -0.39 is 0 Å². The third-order valence-corrected chi connectivity index (χ3v) is 6.10. The van der Waals surface area contributed by atoms with Crippen LogP contribution in [0.3, 0.4) is 0 Å². The number of anilines is 1. The van der Waals surface area contributed by atoms with Crippen molar-refractivity contribution in [2.45, 2.75) is 12.5 Å². The van der Waals surface area contributed by atoms with E-state index in [9.17, 15) is 0 Å². The molecule has 33 heavy (non-hydrogen) atoms. The quantitative estimate of drug-likeness (QED) is 0.653. The minimum Gasteiger partial charge on any atom is -0.337 e. The van der Waals surface area contributed by atoms with Crippen LogP contribution in [0.2, 0.25) is 0 Å². The Hall–Kier alpha value is -3.98. The normalized spacial score (nSPS) is 20.0. The lowest BCUT2D eigenvalue weighted by Crippen LogP contribution is -2.39. The summed E-state index contributed by atoms with van der Waals surface area (Å²) < 4.78 is 3.82. The van der Waals surface area contributed by atoms with Gasteiger partial charge in [-0.05, 0) is 42.8 Å². The number of aliphatic imine (C=N–C) groups is 2. The number of imidazole rings is 1. The van der Waals surface area contributed by atoms with E-state index in [1.165, 1.54) is 5.57 Å². The van der Waals surface area contributed by atoms with Crippen molar-refractivity contribution in [3.8, 4) is 5.69 Å². The summed E-state index contributed by atoms with van der Waals surface area (Å²) >= 11 is 0. The van der Waals surface area contributed by atoms with Gasteiger partial charge in [-0.1, -0.05) is 6.08 Å². The summed E-state index contributed by atoms with van der Waals surface area (Å²) in [6.07, 6.45) is 14.9. The molecule has 9 heteroatoms. The molecule has 0 radical (unpaired) electrons. The minimum atomic E-state index is 0.108. The molecule has 0 saturated carbocycles. The van der Waals surface area contributed by atoms with Crippen molar-refractivity contribution in [2.75, 3.05) is 25.0 Å². The van der Waals surface area contributed by atoms with E-state index in [0.717, 1.165) is 53.8 Å². The number of rotatable bonds is 4. The number of nitrogens with one attached hydrogen (secondary N) is 2. The first-order valence-electron chi connectivity index (χ1n) is 11.1. The maximum Gasteiger partial charge on any atom is 0.174 e. The molecular formula is C24H25N9. The predicted molar refractivity (Wildman–Crippen MR) is 128 cm³/mol. The Morgan fingerprint density at radius 1 is 1.18 bits per heavy atom. The fourth-order valence-corrected chi connectivity index (χ4v) is 4.39. The third-order valence-electron chi connectivity index (χ3n) is 6.10. The predicted octanol–water partition coefficient (Wildman–Crippen LogP) is 2.65. The summed E-state index contributed by atoms with van der Waals surface area (Å²) in [5, 5.41) is 11.3. The van der Waals surface area contributed by atoms with Crippen LogP contribution in [0.1, 0.15) is 18.0 Å². The van der Waals surface area contributed by atoms with Crippen LogP contribution in [0.15, 0.2) is 88.9 Å². The molecular weight excluding hydrogens is 414 g/mol. The van der Waals surface area contributed by atoms with Crippen molar-refractivity contribution in [1.82, 2.24) is 29.5 Å². The van der Waals surface area contributed by atoms with Gasteiger partial charge < -0.3 is 20.1 Å². The van der Waals surface area contributed by atoms with Crippen molar-refractivity contribution in [3.63, 3.8) is 0 Å². The summed E-state index contributed by atoms with van der Waals surface area (Å²) in [6, 6.07) is 8.33. The molecule has 0 spiro atoms. The summed E-state index contributed by atoms with van der Waals surface area (Å²) in [7, 11) is 1.94. The third kappa shape index (κ3) is 3.76. The number of nitrogens with zero attached hydrogens (tertiary/aromatic N) is 7. The summed E-state index contributed by atoms with van der Waals surface area (Å²) in [6.45, 7) is 2.49. The Kier molecular flexibility index (Phi) is 4.88. The second-order valence-electron chi connectivity index (χ2n) is 8.35. The fourth-order valence-electron chi connectivity index (χ4n) is 4.39. The lowest BCUT2D eigenvalue weighted by Gasteiger charge is -2.29. The van der Waals surface area contributed by atoms with Crippen LogP contribution in [0, 0.1) is 0 Å². The summed E-state index contributed by atoms with van der Waals surface area (Å²) in [4.78, 5) is 16.2. The molecule has 5 heterocycles. The van der Waals surface area contributed by atoms with Crippen LogP contribution >= 0.6 is 0 Å². The molecule has 0 fully saturated rings. The van der Waals surface area contributed by atoms with Crippen LogP contribution in [-0.4, -0.2) is 55.5 Å². The maximum atomic E-state index is 5.00. The Morgan fingerprint density at radius 3 is 2.82 bits per heavy atom. The molecule has 0 aliphatic carbocycles. The van der Waals surface area contributed by atoms with E-state index in [1.54, 1.807) is 12.5 Å². The van der Waals surface area contributed by atoms with Gasteiger partial charge in [0.05, 0.1) is 30.8 Å². The number of fused-ring (bicyclic) bond motifs is 1. The highest BCUT2D eigenvalue weighted by atomic mass is 15.3. The summed E-state index contributed by atoms with van der Waals surface area (Å²) in [5.74, 6) is 1.62. The zero-order valence-electron chi connectivity index (χ0n) is 18.4. The molecule has 9 nitrogen and oxygen atoms in total. The molecule has 3 aliphatic rings. The molecule has 1 unspecified atom stereocenters. The molecule has 0 saturated heterocycles. The monoisotopic (exact) mass is 439 g/mol. The van der Waals surface area contributed by atoms with Crippen molar-refractivity contribution in [1.29, 1.82) is 0 Å². The van der Waals surface area contributed by atoms with Gasteiger partial charge in [0.1, 0.15) is 0 Å². The van der Waals surface area contributed by atoms with E-state index in [2.05, 4.69) is 68.4 Å². The smallest absolute Gasteiger partial charge is 0.174 e. The average molecular weight is 440 g/mol. The van der Waals surface area contributed by atoms with Gasteiger partial charge in [-0.2, -0.15) is 5.10 Å². The topological polar surface area (TPSA) is 87.7 Å². The van der Waals surface area contributed by atoms with Gasteiger partial charge in [0.25, 0.3) is 0 Å². The van der Waals surface area contributed by atoms with Gasteiger partial charge in [0.15, 0.2) is 11.7 Å². The number of hydrogen-bond acceptors (Lipinski definition) is 7. The number of benzene rings is 1. The van der Waals surface area contributed by atoms with Gasteiger partial charge in [0, 0.05) is 55.3 Å². The molecule has 2 N–H and O–H groups in total. The zero-order chi connectivity index (χ0) is 22.2. The van der Waals surface area contributed by atoms with E-state index in [-0.39, 0.29) is 6.04 Å². The van der Waals surface area contributed by atoms with Gasteiger partial charge >= 0.3 is 0 Å². The first-order valence-corrected chi connectivity index (χ1v) is 11.1. The number of aryl methyl sites for hydroxylation is 1. The van der Waals surface area contributed by atoms with Gasteiger partial charge in [-0.3, -0.25) is 9.67 Å². The van der Waals surface area contributed by atoms with Gasteiger partial charge in [-0.15, -0.1) is 0 Å². The lowest BCUT2D eigenvalue weighted by atomic mass is 10.1. The van der Waals surface area contributed by atoms with Crippen LogP contribution in [-0.2, 0) is 7.05 Å². The molecule has 6 rings (SSSR count). The largest absolute Gasteiger partial charge is 0.337 e. The van der Waals surface area contributed by atoms with Crippen LogP contribution in [0.25, 0.3) is 5.69 Å². The lowest BCUT2D eigenvalue weighted by molar-refractivity contribution is 0.455. The molecule has 166 valence electrons. The second kappa shape index (κ2) is 8.18. The zero-order valence-corrected chi connectivity index (χ0v) is 18.4. The molecule has 1 atom stereocenters. The van der Waals surface area contributed by atoms with Crippen molar-refractivity contribution in [2.24, 2.45) is 17.0 Å². The highest BCUT2D eigenvalue weighted by molar-refractivity contribution is 6.46. The van der Waals surface area contributed by atoms with Gasteiger partial charge in [-0.25, -0.2) is 9.98 Å². The van der Waals surface area contributed by atoms with Crippen molar-refractivity contribution >= 4 is 17.4 Å². The number of aromatic nitrogens is 4. The van der Waals surface area contributed by atoms with Gasteiger partial charge in [0.2, 0.25) is 0 Å². The highest BCUT2D eigenvalue weighted by Gasteiger charge is 2.35. The molecule has 3 aromatic rings. The maximum absolute atomic E-state index is 5.00. The fraction of sp³-hybridized carbons (Fsp3) is 0.250. The Balaban J connectivity index is 1.32. The molecule has 3 aliphatic heterocycles.